The predicted molar refractivity (Wildman–Crippen MR) is 132 cm³/mol. The number of rotatable bonds is 7. The molecule has 5 heteroatoms. The Morgan fingerprint density at radius 3 is 2.24 bits per heavy atom. The van der Waals surface area contributed by atoms with Crippen molar-refractivity contribution in [1.82, 2.24) is 9.97 Å². The summed E-state index contributed by atoms with van der Waals surface area (Å²) in [6, 6.07) is 17.6. The highest BCUT2D eigenvalue weighted by Crippen LogP contribution is 2.47. The fourth-order valence-electron chi connectivity index (χ4n) is 5.34. The number of hydrogen-bond donors (Lipinski definition) is 0. The van der Waals surface area contributed by atoms with Crippen LogP contribution in [-0.2, 0) is 0 Å². The first kappa shape index (κ1) is 21.2. The van der Waals surface area contributed by atoms with Gasteiger partial charge in [-0.3, -0.25) is 4.98 Å². The molecule has 6 rings (SSSR count). The normalized spacial score (nSPS) is 22.1. The van der Waals surface area contributed by atoms with Crippen molar-refractivity contribution in [2.24, 2.45) is 0 Å². The Morgan fingerprint density at radius 2 is 1.59 bits per heavy atom. The molecular formula is C29H30N4O. The lowest BCUT2D eigenvalue weighted by Crippen LogP contribution is -2.38. The number of nitrogens with zero attached hydrogens (tertiary/aromatic N) is 4. The topological polar surface area (TPSA) is 62.0 Å². The van der Waals surface area contributed by atoms with Gasteiger partial charge >= 0.3 is 0 Å². The van der Waals surface area contributed by atoms with E-state index >= 15 is 0 Å². The van der Waals surface area contributed by atoms with Gasteiger partial charge in [-0.1, -0.05) is 12.1 Å². The zero-order valence-electron chi connectivity index (χ0n) is 19.4. The van der Waals surface area contributed by atoms with Gasteiger partial charge in [-0.25, -0.2) is 4.98 Å². The highest BCUT2D eigenvalue weighted by molar-refractivity contribution is 5.68. The maximum atomic E-state index is 8.96. The molecule has 2 heterocycles. The van der Waals surface area contributed by atoms with Gasteiger partial charge in [0.15, 0.2) is 0 Å². The molecule has 0 radical (unpaired) electrons. The number of anilines is 2. The molecule has 5 nitrogen and oxygen atoms in total. The highest BCUT2D eigenvalue weighted by Gasteiger charge is 2.33. The first-order valence-electron chi connectivity index (χ1n) is 12.6. The summed E-state index contributed by atoms with van der Waals surface area (Å²) in [4.78, 5) is 11.2. The van der Waals surface area contributed by atoms with Crippen LogP contribution in [0.4, 0.5) is 11.4 Å². The number of benzene rings is 1. The second-order valence-corrected chi connectivity index (χ2v) is 9.98. The first-order valence-corrected chi connectivity index (χ1v) is 12.6. The lowest BCUT2D eigenvalue weighted by atomic mass is 9.90. The number of hydrogen-bond acceptors (Lipinski definition) is 5. The maximum Gasteiger partial charge on any atom is 0.140 e. The van der Waals surface area contributed by atoms with Crippen molar-refractivity contribution in [2.45, 2.75) is 75.3 Å². The maximum absolute atomic E-state index is 8.96. The molecule has 3 aliphatic carbocycles. The fourth-order valence-corrected chi connectivity index (χ4v) is 5.34. The Balaban J connectivity index is 1.22. The average Bonchev–Trinajstić information content (AvgIpc) is 3.80. The molecule has 172 valence electrons. The average molecular weight is 451 g/mol. The molecule has 0 aliphatic heterocycles. The molecule has 1 aromatic carbocycles. The summed E-state index contributed by atoms with van der Waals surface area (Å²) in [7, 11) is 0. The van der Waals surface area contributed by atoms with Crippen molar-refractivity contribution >= 4 is 11.4 Å². The molecule has 3 aromatic rings. The van der Waals surface area contributed by atoms with Crippen LogP contribution in [0.5, 0.6) is 5.75 Å². The van der Waals surface area contributed by atoms with Crippen LogP contribution in [0.3, 0.4) is 0 Å². The standard InChI is InChI=1S/C29H30N4O/c30-17-23-7-12-27(18-32-23)34-26-13-10-25(11-14-26)33(24-8-5-21(6-9-24)20-1-2-20)29-19-31-16-15-28(29)22-3-4-22/h5-9,12,15-16,18-20,22,25-26H,1-4,10-11,13-14H2. The second kappa shape index (κ2) is 9.10. The molecule has 2 aromatic heterocycles. The minimum absolute atomic E-state index is 0.182. The quantitative estimate of drug-likeness (QED) is 0.404. The highest BCUT2D eigenvalue weighted by atomic mass is 16.5. The third-order valence-electron chi connectivity index (χ3n) is 7.49. The van der Waals surface area contributed by atoms with Gasteiger partial charge in [0, 0.05) is 17.9 Å². The van der Waals surface area contributed by atoms with Crippen molar-refractivity contribution in [3.05, 3.63) is 77.9 Å². The van der Waals surface area contributed by atoms with Crippen LogP contribution in [0.15, 0.2) is 61.1 Å². The van der Waals surface area contributed by atoms with E-state index < -0.39 is 0 Å². The van der Waals surface area contributed by atoms with Gasteiger partial charge in [0.05, 0.1) is 24.2 Å². The number of pyridine rings is 2. The Labute approximate surface area is 201 Å². The van der Waals surface area contributed by atoms with Gasteiger partial charge in [0.2, 0.25) is 0 Å². The van der Waals surface area contributed by atoms with Crippen LogP contribution in [0.1, 0.15) is 80.0 Å². The number of nitriles is 1. The van der Waals surface area contributed by atoms with E-state index in [0.717, 1.165) is 37.4 Å². The van der Waals surface area contributed by atoms with Crippen LogP contribution in [0.2, 0.25) is 0 Å². The summed E-state index contributed by atoms with van der Waals surface area (Å²) in [6.07, 6.45) is 15.2. The SMILES string of the molecule is N#Cc1ccc(OC2CCC(N(c3ccc(C4CC4)cc3)c3cnccc3C3CC3)CC2)cn1. The minimum Gasteiger partial charge on any atom is -0.489 e. The van der Waals surface area contributed by atoms with E-state index in [1.165, 1.54) is 48.2 Å². The molecule has 3 saturated carbocycles. The van der Waals surface area contributed by atoms with Gasteiger partial charge in [0.25, 0.3) is 0 Å². The third kappa shape index (κ3) is 4.50. The minimum atomic E-state index is 0.182. The summed E-state index contributed by atoms with van der Waals surface area (Å²) in [5, 5.41) is 8.96. The van der Waals surface area contributed by atoms with Gasteiger partial charge in [-0.05, 0) is 105 Å². The number of ether oxygens (including phenoxy) is 1. The van der Waals surface area contributed by atoms with Crippen LogP contribution >= 0.6 is 0 Å². The summed E-state index contributed by atoms with van der Waals surface area (Å²) in [5.41, 5.74) is 5.90. The van der Waals surface area contributed by atoms with E-state index in [-0.39, 0.29) is 6.10 Å². The summed E-state index contributed by atoms with van der Waals surface area (Å²) in [5.74, 6) is 2.19. The van der Waals surface area contributed by atoms with E-state index in [4.69, 9.17) is 10.00 Å². The van der Waals surface area contributed by atoms with Crippen LogP contribution in [0, 0.1) is 11.3 Å². The van der Waals surface area contributed by atoms with Crippen molar-refractivity contribution in [2.75, 3.05) is 4.90 Å². The monoisotopic (exact) mass is 450 g/mol. The van der Waals surface area contributed by atoms with Crippen LogP contribution < -0.4 is 9.64 Å². The van der Waals surface area contributed by atoms with E-state index in [2.05, 4.69) is 57.5 Å². The molecule has 0 N–H and O–H groups in total. The molecule has 0 amide bonds. The largest absolute Gasteiger partial charge is 0.489 e. The van der Waals surface area contributed by atoms with Crippen molar-refractivity contribution in [3.63, 3.8) is 0 Å². The number of aromatic nitrogens is 2. The van der Waals surface area contributed by atoms with E-state index in [9.17, 15) is 0 Å². The molecule has 3 aliphatic rings. The fraction of sp³-hybridized carbons (Fsp3) is 0.414. The van der Waals surface area contributed by atoms with Gasteiger partial charge in [0.1, 0.15) is 17.5 Å². The first-order chi connectivity index (χ1) is 16.8. The van der Waals surface area contributed by atoms with E-state index in [0.29, 0.717) is 17.7 Å². The van der Waals surface area contributed by atoms with Crippen molar-refractivity contribution in [1.29, 1.82) is 5.26 Å². The zero-order chi connectivity index (χ0) is 22.9. The van der Waals surface area contributed by atoms with Gasteiger partial charge < -0.3 is 9.64 Å². The third-order valence-corrected chi connectivity index (χ3v) is 7.49. The Bertz CT molecular complexity index is 1170. The van der Waals surface area contributed by atoms with Crippen molar-refractivity contribution in [3.8, 4) is 11.8 Å². The van der Waals surface area contributed by atoms with E-state index in [1.54, 1.807) is 12.3 Å². The molecular weight excluding hydrogens is 420 g/mol. The summed E-state index contributed by atoms with van der Waals surface area (Å²) >= 11 is 0. The zero-order valence-corrected chi connectivity index (χ0v) is 19.4. The lowest BCUT2D eigenvalue weighted by Gasteiger charge is -2.39. The van der Waals surface area contributed by atoms with E-state index in [1.807, 2.05) is 12.3 Å². The molecule has 0 bridgehead atoms. The van der Waals surface area contributed by atoms with Gasteiger partial charge in [-0.15, -0.1) is 0 Å². The Morgan fingerprint density at radius 1 is 0.824 bits per heavy atom. The Hall–Kier alpha value is -3.39. The second-order valence-electron chi connectivity index (χ2n) is 9.98. The van der Waals surface area contributed by atoms with Gasteiger partial charge in [-0.2, -0.15) is 5.26 Å². The van der Waals surface area contributed by atoms with Crippen LogP contribution in [0.25, 0.3) is 0 Å². The molecule has 0 atom stereocenters. The van der Waals surface area contributed by atoms with Crippen LogP contribution in [-0.4, -0.2) is 22.1 Å². The molecule has 0 unspecified atom stereocenters. The molecule has 0 spiro atoms. The van der Waals surface area contributed by atoms with Crippen molar-refractivity contribution < 1.29 is 4.74 Å². The Kier molecular flexibility index (Phi) is 5.66. The predicted octanol–water partition coefficient (Wildman–Crippen LogP) is 6.63. The molecule has 0 saturated heterocycles. The molecule has 34 heavy (non-hydrogen) atoms. The summed E-state index contributed by atoms with van der Waals surface area (Å²) in [6.45, 7) is 0. The lowest BCUT2D eigenvalue weighted by molar-refractivity contribution is 0.146. The molecule has 3 fully saturated rings. The summed E-state index contributed by atoms with van der Waals surface area (Å²) < 4.78 is 6.21. The smallest absolute Gasteiger partial charge is 0.140 e.